The third-order valence-corrected chi connectivity index (χ3v) is 6.24. The summed E-state index contributed by atoms with van der Waals surface area (Å²) in [5, 5.41) is 0. The zero-order valence-electron chi connectivity index (χ0n) is 12.5. The van der Waals surface area contributed by atoms with Crippen LogP contribution in [0.4, 0.5) is 0 Å². The normalized spacial score (nSPS) is 43.4. The molecule has 0 saturated heterocycles. The molecule has 2 rings (SSSR count). The Labute approximate surface area is 109 Å². The summed E-state index contributed by atoms with van der Waals surface area (Å²) < 4.78 is 0. The third-order valence-electron chi connectivity index (χ3n) is 6.24. The van der Waals surface area contributed by atoms with Crippen molar-refractivity contribution in [3.8, 4) is 0 Å². The van der Waals surface area contributed by atoms with Crippen LogP contribution in [-0.4, -0.2) is 0 Å². The summed E-state index contributed by atoms with van der Waals surface area (Å²) in [6.45, 7) is 10.0. The standard InChI is InChI=1S/C17H32/c1-5-6-8-13(2)15-10-11-16-14(3)9-7-12-17(15,16)4/h13-16H,5-12H2,1-4H3/t13-,14+,15-,16+,17-/m1/s1. The van der Waals surface area contributed by atoms with E-state index in [4.69, 9.17) is 0 Å². The van der Waals surface area contributed by atoms with E-state index >= 15 is 0 Å². The Morgan fingerprint density at radius 1 is 1.24 bits per heavy atom. The first kappa shape index (κ1) is 13.4. The van der Waals surface area contributed by atoms with E-state index < -0.39 is 0 Å². The molecule has 0 nitrogen and oxygen atoms in total. The van der Waals surface area contributed by atoms with Gasteiger partial charge in [0.1, 0.15) is 0 Å². The maximum atomic E-state index is 2.63. The van der Waals surface area contributed by atoms with Crippen LogP contribution in [0.1, 0.15) is 79.1 Å². The Kier molecular flexibility index (Phi) is 4.21. The fraction of sp³-hybridized carbons (Fsp3) is 1.00. The van der Waals surface area contributed by atoms with Crippen LogP contribution < -0.4 is 0 Å². The predicted molar refractivity (Wildman–Crippen MR) is 76.0 cm³/mol. The van der Waals surface area contributed by atoms with Crippen LogP contribution in [0.5, 0.6) is 0 Å². The van der Waals surface area contributed by atoms with Gasteiger partial charge in [-0.3, -0.25) is 0 Å². The molecule has 0 aromatic rings. The van der Waals surface area contributed by atoms with E-state index in [1.807, 2.05) is 0 Å². The van der Waals surface area contributed by atoms with Gasteiger partial charge in [-0.2, -0.15) is 0 Å². The number of hydrogen-bond acceptors (Lipinski definition) is 0. The summed E-state index contributed by atoms with van der Waals surface area (Å²) in [6, 6.07) is 0. The zero-order chi connectivity index (χ0) is 12.5. The minimum absolute atomic E-state index is 0.699. The minimum atomic E-state index is 0.699. The Bertz CT molecular complexity index is 244. The van der Waals surface area contributed by atoms with Gasteiger partial charge in [-0.1, -0.05) is 59.8 Å². The topological polar surface area (TPSA) is 0 Å². The van der Waals surface area contributed by atoms with Crippen LogP contribution in [0.3, 0.4) is 0 Å². The molecular formula is C17H32. The number of hydrogen-bond donors (Lipinski definition) is 0. The molecule has 2 aliphatic carbocycles. The van der Waals surface area contributed by atoms with Crippen molar-refractivity contribution >= 4 is 0 Å². The van der Waals surface area contributed by atoms with Crippen molar-refractivity contribution in [2.24, 2.45) is 29.1 Å². The second-order valence-corrected chi connectivity index (χ2v) is 7.29. The van der Waals surface area contributed by atoms with Crippen molar-refractivity contribution < 1.29 is 0 Å². The van der Waals surface area contributed by atoms with Crippen molar-refractivity contribution in [2.45, 2.75) is 79.1 Å². The molecule has 0 amide bonds. The summed E-state index contributed by atoms with van der Waals surface area (Å²) in [6.07, 6.45) is 11.8. The summed E-state index contributed by atoms with van der Waals surface area (Å²) >= 11 is 0. The van der Waals surface area contributed by atoms with E-state index in [0.717, 1.165) is 23.7 Å². The lowest BCUT2D eigenvalue weighted by molar-refractivity contribution is 0.0348. The average molecular weight is 236 g/mol. The first-order chi connectivity index (χ1) is 8.09. The molecule has 0 spiro atoms. The fourth-order valence-electron chi connectivity index (χ4n) is 5.27. The largest absolute Gasteiger partial charge is 0.0654 e. The molecular weight excluding hydrogens is 204 g/mol. The molecule has 0 aromatic carbocycles. The molecule has 0 radical (unpaired) electrons. The lowest BCUT2D eigenvalue weighted by Gasteiger charge is -2.46. The van der Waals surface area contributed by atoms with Gasteiger partial charge in [-0.05, 0) is 48.3 Å². The maximum Gasteiger partial charge on any atom is -0.0264 e. The van der Waals surface area contributed by atoms with Crippen molar-refractivity contribution in [3.63, 3.8) is 0 Å². The van der Waals surface area contributed by atoms with Crippen LogP contribution in [0, 0.1) is 29.1 Å². The number of rotatable bonds is 4. The van der Waals surface area contributed by atoms with Crippen LogP contribution >= 0.6 is 0 Å². The summed E-state index contributed by atoms with van der Waals surface area (Å²) in [5.41, 5.74) is 0.699. The average Bonchev–Trinajstić information content (AvgIpc) is 2.64. The zero-order valence-corrected chi connectivity index (χ0v) is 12.5. The van der Waals surface area contributed by atoms with Gasteiger partial charge in [-0.25, -0.2) is 0 Å². The monoisotopic (exact) mass is 236 g/mol. The molecule has 0 bridgehead atoms. The smallest absolute Gasteiger partial charge is 0.0264 e. The quantitative estimate of drug-likeness (QED) is 0.590. The third kappa shape index (κ3) is 2.42. The SMILES string of the molecule is CCCC[C@@H](C)[C@H]1CC[C@H]2[C@@H](C)CCC[C@]12C. The summed E-state index contributed by atoms with van der Waals surface area (Å²) in [7, 11) is 0. The van der Waals surface area contributed by atoms with E-state index in [1.54, 1.807) is 0 Å². The van der Waals surface area contributed by atoms with E-state index in [9.17, 15) is 0 Å². The molecule has 0 heteroatoms. The highest BCUT2D eigenvalue weighted by Crippen LogP contribution is 2.59. The molecule has 2 aliphatic rings. The van der Waals surface area contributed by atoms with Crippen LogP contribution in [0.2, 0.25) is 0 Å². The van der Waals surface area contributed by atoms with Crippen LogP contribution in [0.25, 0.3) is 0 Å². The first-order valence-electron chi connectivity index (χ1n) is 8.09. The number of fused-ring (bicyclic) bond motifs is 1. The summed E-state index contributed by atoms with van der Waals surface area (Å²) in [5.74, 6) is 4.04. The van der Waals surface area contributed by atoms with Gasteiger partial charge >= 0.3 is 0 Å². The lowest BCUT2D eigenvalue weighted by Crippen LogP contribution is -2.38. The molecule has 100 valence electrons. The minimum Gasteiger partial charge on any atom is -0.0654 e. The lowest BCUT2D eigenvalue weighted by atomic mass is 9.59. The molecule has 5 atom stereocenters. The van der Waals surface area contributed by atoms with E-state index in [-0.39, 0.29) is 0 Å². The summed E-state index contributed by atoms with van der Waals surface area (Å²) in [4.78, 5) is 0. The van der Waals surface area contributed by atoms with Gasteiger partial charge in [0.2, 0.25) is 0 Å². The van der Waals surface area contributed by atoms with Gasteiger partial charge < -0.3 is 0 Å². The second-order valence-electron chi connectivity index (χ2n) is 7.29. The van der Waals surface area contributed by atoms with Gasteiger partial charge in [-0.15, -0.1) is 0 Å². The first-order valence-corrected chi connectivity index (χ1v) is 8.09. The molecule has 0 unspecified atom stereocenters. The molecule has 0 N–H and O–H groups in total. The van der Waals surface area contributed by atoms with Crippen molar-refractivity contribution in [2.75, 3.05) is 0 Å². The van der Waals surface area contributed by atoms with Crippen molar-refractivity contribution in [1.82, 2.24) is 0 Å². The Morgan fingerprint density at radius 3 is 2.71 bits per heavy atom. The van der Waals surface area contributed by atoms with Crippen LogP contribution in [0.15, 0.2) is 0 Å². The van der Waals surface area contributed by atoms with Gasteiger partial charge in [0.25, 0.3) is 0 Å². The number of unbranched alkanes of at least 4 members (excludes halogenated alkanes) is 1. The molecule has 0 aromatic heterocycles. The molecule has 0 aliphatic heterocycles. The molecule has 17 heavy (non-hydrogen) atoms. The van der Waals surface area contributed by atoms with Gasteiger partial charge in [0.15, 0.2) is 0 Å². The van der Waals surface area contributed by atoms with Gasteiger partial charge in [0.05, 0.1) is 0 Å². The van der Waals surface area contributed by atoms with Crippen molar-refractivity contribution in [3.05, 3.63) is 0 Å². The van der Waals surface area contributed by atoms with Crippen molar-refractivity contribution in [1.29, 1.82) is 0 Å². The van der Waals surface area contributed by atoms with E-state index in [0.29, 0.717) is 5.41 Å². The second kappa shape index (κ2) is 5.33. The highest BCUT2D eigenvalue weighted by Gasteiger charge is 2.50. The van der Waals surface area contributed by atoms with Gasteiger partial charge in [0, 0.05) is 0 Å². The van der Waals surface area contributed by atoms with E-state index in [2.05, 4.69) is 27.7 Å². The molecule has 2 fully saturated rings. The van der Waals surface area contributed by atoms with Crippen LogP contribution in [-0.2, 0) is 0 Å². The molecule has 0 heterocycles. The Balaban J connectivity index is 2.04. The fourth-order valence-corrected chi connectivity index (χ4v) is 5.27. The van der Waals surface area contributed by atoms with E-state index in [1.165, 1.54) is 51.4 Å². The molecule has 2 saturated carbocycles. The Morgan fingerprint density at radius 2 is 2.00 bits per heavy atom. The highest BCUT2D eigenvalue weighted by atomic mass is 14.6. The maximum absolute atomic E-state index is 2.63. The Hall–Kier alpha value is 0. The predicted octanol–water partition coefficient (Wildman–Crippen LogP) is 5.67. The highest BCUT2D eigenvalue weighted by molar-refractivity contribution is 5.00.